The molecular weight excluding hydrogens is 483 g/mol. The molecule has 1 fully saturated rings. The zero-order chi connectivity index (χ0) is 25.3. The van der Waals surface area contributed by atoms with Gasteiger partial charge < -0.3 is 10.0 Å². The summed E-state index contributed by atoms with van der Waals surface area (Å²) in [7, 11) is -3.91. The van der Waals surface area contributed by atoms with Crippen molar-refractivity contribution in [3.63, 3.8) is 0 Å². The highest BCUT2D eigenvalue weighted by atomic mass is 32.2. The number of nitrogens with one attached hydrogen (secondary N) is 1. The second-order valence-electron chi connectivity index (χ2n) is 8.68. The highest BCUT2D eigenvalue weighted by molar-refractivity contribution is 7.93. The molecule has 2 aromatic heterocycles. The number of sulfonamides is 1. The fourth-order valence-corrected chi connectivity index (χ4v) is 5.69. The molecule has 0 unspecified atom stereocenters. The summed E-state index contributed by atoms with van der Waals surface area (Å²) in [5.74, 6) is -0.964. The van der Waals surface area contributed by atoms with E-state index in [0.717, 1.165) is 0 Å². The highest BCUT2D eigenvalue weighted by Crippen LogP contribution is 2.34. The Morgan fingerprint density at radius 3 is 2.33 bits per heavy atom. The summed E-state index contributed by atoms with van der Waals surface area (Å²) in [6.07, 6.45) is 3.22. The maximum Gasteiger partial charge on any atom is 0.264 e. The van der Waals surface area contributed by atoms with Crippen LogP contribution in [0.5, 0.6) is 0 Å². The van der Waals surface area contributed by atoms with Crippen molar-refractivity contribution in [2.45, 2.75) is 23.3 Å². The minimum atomic E-state index is -3.91. The van der Waals surface area contributed by atoms with Gasteiger partial charge in [0.05, 0.1) is 11.1 Å². The number of rotatable bonds is 5. The number of pyridine rings is 2. The van der Waals surface area contributed by atoms with Crippen LogP contribution in [0.15, 0.2) is 84.0 Å². The van der Waals surface area contributed by atoms with Gasteiger partial charge in [0.2, 0.25) is 5.95 Å². The summed E-state index contributed by atoms with van der Waals surface area (Å²) >= 11 is 0. The number of carbonyl (C=O) groups excluding carboxylic acids is 1. The van der Waals surface area contributed by atoms with Crippen LogP contribution < -0.4 is 4.72 Å². The minimum Gasteiger partial charge on any atom is -0.385 e. The third-order valence-electron chi connectivity index (χ3n) is 6.41. The number of amides is 1. The average Bonchev–Trinajstić information content (AvgIpc) is 2.89. The number of fused-ring (bicyclic) bond motifs is 1. The summed E-state index contributed by atoms with van der Waals surface area (Å²) in [6, 6.07) is 17.7. The van der Waals surface area contributed by atoms with Crippen LogP contribution in [0.1, 0.15) is 28.8 Å². The van der Waals surface area contributed by atoms with Gasteiger partial charge in [-0.15, -0.1) is 0 Å². The van der Waals surface area contributed by atoms with E-state index in [9.17, 15) is 22.7 Å². The van der Waals surface area contributed by atoms with Crippen molar-refractivity contribution >= 4 is 32.5 Å². The van der Waals surface area contributed by atoms with Gasteiger partial charge in [-0.1, -0.05) is 24.3 Å². The fourth-order valence-electron chi connectivity index (χ4n) is 4.45. The molecule has 0 saturated carbocycles. The summed E-state index contributed by atoms with van der Waals surface area (Å²) in [6.45, 7) is 0.484. The lowest BCUT2D eigenvalue weighted by molar-refractivity contribution is -0.0241. The molecule has 8 nitrogen and oxygen atoms in total. The minimum absolute atomic E-state index is 0.0617. The smallest absolute Gasteiger partial charge is 0.264 e. The lowest BCUT2D eigenvalue weighted by Gasteiger charge is -2.38. The van der Waals surface area contributed by atoms with Gasteiger partial charge in [-0.2, -0.15) is 4.39 Å². The Kier molecular flexibility index (Phi) is 6.15. The van der Waals surface area contributed by atoms with Crippen molar-refractivity contribution in [1.82, 2.24) is 14.9 Å². The highest BCUT2D eigenvalue weighted by Gasteiger charge is 2.37. The fraction of sp³-hybridized carbons (Fsp3) is 0.192. The Balaban J connectivity index is 1.27. The lowest BCUT2D eigenvalue weighted by atomic mass is 9.85. The second kappa shape index (κ2) is 9.29. The molecular formula is C26H23FN4O4S. The van der Waals surface area contributed by atoms with E-state index < -0.39 is 21.6 Å². The number of para-hydroxylation sites is 1. The summed E-state index contributed by atoms with van der Waals surface area (Å²) < 4.78 is 42.6. The van der Waals surface area contributed by atoms with Crippen LogP contribution in [-0.2, 0) is 15.6 Å². The molecule has 4 aromatic rings. The first-order chi connectivity index (χ1) is 17.3. The molecule has 0 radical (unpaired) electrons. The molecule has 2 N–H and O–H groups in total. The number of aromatic nitrogens is 2. The van der Waals surface area contributed by atoms with Crippen LogP contribution >= 0.6 is 0 Å². The van der Waals surface area contributed by atoms with Crippen LogP contribution in [-0.4, -0.2) is 47.4 Å². The molecule has 0 atom stereocenters. The SMILES string of the molecule is O=C(c1ccc(NS(=O)(=O)c2cccc3cccnc23)cc1)N1CCC(O)(c2cccnc2F)CC1. The van der Waals surface area contributed by atoms with Crippen molar-refractivity contribution in [1.29, 1.82) is 0 Å². The van der Waals surface area contributed by atoms with Gasteiger partial charge in [0, 0.05) is 47.7 Å². The number of benzene rings is 2. The number of nitrogens with zero attached hydrogens (tertiary/aromatic N) is 3. The number of anilines is 1. The van der Waals surface area contributed by atoms with E-state index in [1.807, 2.05) is 0 Å². The maximum absolute atomic E-state index is 14.1. The normalized spacial score (nSPS) is 15.6. The van der Waals surface area contributed by atoms with Gasteiger partial charge in [0.1, 0.15) is 4.90 Å². The Morgan fingerprint density at radius 1 is 0.944 bits per heavy atom. The molecule has 1 aliphatic rings. The van der Waals surface area contributed by atoms with Crippen LogP contribution in [0.4, 0.5) is 10.1 Å². The van der Waals surface area contributed by atoms with E-state index in [-0.39, 0.29) is 42.3 Å². The third-order valence-corrected chi connectivity index (χ3v) is 7.82. The number of aliphatic hydroxyl groups is 1. The topological polar surface area (TPSA) is 112 Å². The van der Waals surface area contributed by atoms with E-state index in [1.165, 1.54) is 36.7 Å². The van der Waals surface area contributed by atoms with Gasteiger partial charge in [-0.05, 0) is 55.3 Å². The van der Waals surface area contributed by atoms with E-state index in [1.54, 1.807) is 47.4 Å². The lowest BCUT2D eigenvalue weighted by Crippen LogP contribution is -2.45. The molecule has 0 aliphatic carbocycles. The van der Waals surface area contributed by atoms with E-state index in [0.29, 0.717) is 22.2 Å². The molecule has 5 rings (SSSR count). The van der Waals surface area contributed by atoms with Crippen molar-refractivity contribution in [2.24, 2.45) is 0 Å². The Bertz CT molecular complexity index is 1530. The van der Waals surface area contributed by atoms with E-state index in [2.05, 4.69) is 14.7 Å². The molecule has 0 spiro atoms. The monoisotopic (exact) mass is 506 g/mol. The number of likely N-dealkylation sites (tertiary alicyclic amines) is 1. The predicted octanol–water partition coefficient (Wildman–Crippen LogP) is 3.69. The molecule has 1 amide bonds. The molecule has 0 bridgehead atoms. The van der Waals surface area contributed by atoms with Crippen molar-refractivity contribution < 1.29 is 22.7 Å². The quantitative estimate of drug-likeness (QED) is 0.399. The van der Waals surface area contributed by atoms with Gasteiger partial charge in [0.25, 0.3) is 15.9 Å². The maximum atomic E-state index is 14.1. The summed E-state index contributed by atoms with van der Waals surface area (Å²) in [4.78, 5) is 22.4. The first-order valence-corrected chi connectivity index (χ1v) is 12.8. The zero-order valence-electron chi connectivity index (χ0n) is 19.1. The van der Waals surface area contributed by atoms with Crippen molar-refractivity contribution in [3.05, 3.63) is 96.2 Å². The summed E-state index contributed by atoms with van der Waals surface area (Å²) in [5.41, 5.74) is -0.193. The van der Waals surface area contributed by atoms with Gasteiger partial charge >= 0.3 is 0 Å². The standard InChI is InChI=1S/C26H23FN4O4S/c27-24-21(6-3-15-29-24)26(33)12-16-31(17-13-26)25(32)19-8-10-20(11-9-19)30-36(34,35)22-7-1-4-18-5-2-14-28-23(18)22/h1-11,14-15,30,33H,12-13,16-17H2. The Labute approximate surface area is 207 Å². The van der Waals surface area contributed by atoms with Crippen LogP contribution in [0.2, 0.25) is 0 Å². The first kappa shape index (κ1) is 23.8. The number of carbonyl (C=O) groups is 1. The van der Waals surface area contributed by atoms with Gasteiger partial charge in [-0.3, -0.25) is 14.5 Å². The van der Waals surface area contributed by atoms with Gasteiger partial charge in [0.15, 0.2) is 0 Å². The van der Waals surface area contributed by atoms with Crippen molar-refractivity contribution in [3.8, 4) is 0 Å². The van der Waals surface area contributed by atoms with Crippen LogP contribution in [0.25, 0.3) is 10.9 Å². The van der Waals surface area contributed by atoms with E-state index in [4.69, 9.17) is 0 Å². The second-order valence-corrected chi connectivity index (χ2v) is 10.3. The zero-order valence-corrected chi connectivity index (χ0v) is 20.0. The summed E-state index contributed by atoms with van der Waals surface area (Å²) in [5, 5.41) is 11.6. The molecule has 10 heteroatoms. The van der Waals surface area contributed by atoms with Crippen molar-refractivity contribution in [2.75, 3.05) is 17.8 Å². The molecule has 1 saturated heterocycles. The molecule has 3 heterocycles. The van der Waals surface area contributed by atoms with Crippen LogP contribution in [0.3, 0.4) is 0 Å². The number of hydrogen-bond donors (Lipinski definition) is 2. The average molecular weight is 507 g/mol. The Morgan fingerprint density at radius 2 is 1.61 bits per heavy atom. The third kappa shape index (κ3) is 4.52. The molecule has 2 aromatic carbocycles. The molecule has 36 heavy (non-hydrogen) atoms. The van der Waals surface area contributed by atoms with Gasteiger partial charge in [-0.25, -0.2) is 13.4 Å². The Hall–Kier alpha value is -3.89. The number of halogens is 1. The number of piperidine rings is 1. The number of hydrogen-bond acceptors (Lipinski definition) is 6. The van der Waals surface area contributed by atoms with Crippen LogP contribution in [0, 0.1) is 5.95 Å². The first-order valence-electron chi connectivity index (χ1n) is 11.4. The largest absolute Gasteiger partial charge is 0.385 e. The van der Waals surface area contributed by atoms with E-state index >= 15 is 0 Å². The molecule has 1 aliphatic heterocycles. The predicted molar refractivity (Wildman–Crippen MR) is 132 cm³/mol. The molecule has 184 valence electrons.